The molecule has 4 bridgehead atoms. The maximum Gasteiger partial charge on any atom is 0.303 e. The number of nitrogens with zero attached hydrogens (tertiary/aromatic N) is 2. The topological polar surface area (TPSA) is 103 Å². The molecule has 1 amide bonds. The highest BCUT2D eigenvalue weighted by Crippen LogP contribution is 2.55. The van der Waals surface area contributed by atoms with Gasteiger partial charge in [0, 0.05) is 31.3 Å². The number of rotatable bonds is 9. The molecule has 208 valence electrons. The molecule has 1 saturated heterocycles. The van der Waals surface area contributed by atoms with Gasteiger partial charge in [-0.2, -0.15) is 0 Å². The van der Waals surface area contributed by atoms with E-state index in [1.807, 2.05) is 30.3 Å². The van der Waals surface area contributed by atoms with Gasteiger partial charge in [-0.3, -0.25) is 9.59 Å². The Labute approximate surface area is 234 Å². The van der Waals surface area contributed by atoms with E-state index in [2.05, 4.69) is 22.3 Å². The number of hydrogen-bond acceptors (Lipinski definition) is 6. The predicted molar refractivity (Wildman–Crippen MR) is 152 cm³/mol. The van der Waals surface area contributed by atoms with Gasteiger partial charge in [-0.1, -0.05) is 30.3 Å². The molecule has 3 atom stereocenters. The molecule has 1 aromatic carbocycles. The molecule has 7 rings (SSSR count). The quantitative estimate of drug-likeness (QED) is 0.387. The van der Waals surface area contributed by atoms with Gasteiger partial charge in [0.2, 0.25) is 0 Å². The molecule has 2 aromatic rings. The first-order valence-corrected chi connectivity index (χ1v) is 15.5. The molecule has 4 saturated carbocycles. The second-order valence-electron chi connectivity index (χ2n) is 12.4. The molecular weight excluding hydrogens is 510 g/mol. The van der Waals surface area contributed by atoms with Crippen LogP contribution in [0.1, 0.15) is 67.3 Å². The van der Waals surface area contributed by atoms with Crippen molar-refractivity contribution in [2.24, 2.45) is 23.7 Å². The lowest BCUT2D eigenvalue weighted by atomic mass is 9.52. The maximum atomic E-state index is 13.7. The Kier molecular flexibility index (Phi) is 7.60. The van der Waals surface area contributed by atoms with Crippen LogP contribution in [0, 0.1) is 23.7 Å². The van der Waals surface area contributed by atoms with Gasteiger partial charge in [0.25, 0.3) is 5.91 Å². The van der Waals surface area contributed by atoms with Gasteiger partial charge in [-0.25, -0.2) is 4.98 Å². The molecule has 1 aromatic heterocycles. The second kappa shape index (κ2) is 11.1. The second-order valence-corrected chi connectivity index (χ2v) is 13.4. The number of carboxylic acids is 1. The number of aliphatic hydroxyl groups is 1. The Morgan fingerprint density at radius 1 is 1.08 bits per heavy atom. The molecular formula is C31H39N3O4S. The third kappa shape index (κ3) is 5.97. The fraction of sp³-hybridized carbons (Fsp3) is 0.581. The van der Waals surface area contributed by atoms with Crippen molar-refractivity contribution >= 4 is 29.5 Å². The summed E-state index contributed by atoms with van der Waals surface area (Å²) in [6.07, 6.45) is 7.65. The lowest BCUT2D eigenvalue weighted by molar-refractivity contribution is -0.138. The van der Waals surface area contributed by atoms with Crippen LogP contribution in [0.25, 0.3) is 0 Å². The van der Waals surface area contributed by atoms with Gasteiger partial charge in [0.05, 0.1) is 11.2 Å². The molecule has 2 heterocycles. The van der Waals surface area contributed by atoms with Crippen molar-refractivity contribution in [2.45, 2.75) is 74.5 Å². The van der Waals surface area contributed by atoms with Crippen LogP contribution in [0.15, 0.2) is 47.5 Å². The fourth-order valence-electron chi connectivity index (χ4n) is 7.93. The van der Waals surface area contributed by atoms with Crippen molar-refractivity contribution in [3.05, 3.63) is 53.6 Å². The fourth-order valence-corrected chi connectivity index (χ4v) is 8.94. The van der Waals surface area contributed by atoms with Gasteiger partial charge >= 0.3 is 5.97 Å². The molecule has 5 fully saturated rings. The number of carbonyl (C=O) groups excluding carboxylic acids is 1. The summed E-state index contributed by atoms with van der Waals surface area (Å²) >= 11 is 1.62. The lowest BCUT2D eigenvalue weighted by Crippen LogP contribution is -2.61. The summed E-state index contributed by atoms with van der Waals surface area (Å²) in [6, 6.07) is 14.3. The highest BCUT2D eigenvalue weighted by Gasteiger charge is 2.55. The summed E-state index contributed by atoms with van der Waals surface area (Å²) in [4.78, 5) is 32.2. The molecule has 0 radical (unpaired) electrons. The summed E-state index contributed by atoms with van der Waals surface area (Å²) in [7, 11) is 0. The first kappa shape index (κ1) is 26.6. The zero-order valence-corrected chi connectivity index (χ0v) is 23.2. The van der Waals surface area contributed by atoms with Crippen LogP contribution in [-0.2, 0) is 11.2 Å². The Bertz CT molecular complexity index is 1190. The largest absolute Gasteiger partial charge is 0.481 e. The summed E-state index contributed by atoms with van der Waals surface area (Å²) in [5.41, 5.74) is 1.35. The van der Waals surface area contributed by atoms with E-state index in [1.54, 1.807) is 11.8 Å². The van der Waals surface area contributed by atoms with Crippen LogP contribution in [0.2, 0.25) is 0 Å². The van der Waals surface area contributed by atoms with Gasteiger partial charge in [0.15, 0.2) is 0 Å². The average Bonchev–Trinajstić information content (AvgIpc) is 2.90. The number of pyridine rings is 1. The maximum absolute atomic E-state index is 13.7. The molecule has 7 nitrogen and oxygen atoms in total. The average molecular weight is 550 g/mol. The number of amides is 1. The Morgan fingerprint density at radius 2 is 1.85 bits per heavy atom. The Balaban J connectivity index is 1.20. The number of carboxylic acid groups (broad SMARTS) is 1. The van der Waals surface area contributed by atoms with Gasteiger partial charge in [-0.05, 0) is 92.7 Å². The van der Waals surface area contributed by atoms with Crippen molar-refractivity contribution < 1.29 is 19.8 Å². The highest BCUT2D eigenvalue weighted by atomic mass is 32.2. The summed E-state index contributed by atoms with van der Waals surface area (Å²) in [6.45, 7) is 1.52. The van der Waals surface area contributed by atoms with Crippen LogP contribution >= 0.6 is 11.8 Å². The summed E-state index contributed by atoms with van der Waals surface area (Å²) in [5, 5.41) is 24.4. The van der Waals surface area contributed by atoms with E-state index in [0.717, 1.165) is 74.5 Å². The minimum absolute atomic E-state index is 0.0666. The Hall–Kier alpha value is -2.58. The first-order chi connectivity index (χ1) is 18.8. The van der Waals surface area contributed by atoms with Gasteiger partial charge < -0.3 is 20.4 Å². The zero-order chi connectivity index (χ0) is 27.0. The number of aromatic nitrogens is 1. The van der Waals surface area contributed by atoms with E-state index >= 15 is 0 Å². The Morgan fingerprint density at radius 3 is 2.56 bits per heavy atom. The van der Waals surface area contributed by atoms with E-state index in [9.17, 15) is 19.8 Å². The normalized spacial score (nSPS) is 31.3. The SMILES string of the molecule is O=C(O)C[C@@H]1CCCN(c2ccc(C(=O)N[C@H]3C4CC5CC3C[C@@](O)(C5)C4)c(SCCc3ccccc3)n2)C1. The van der Waals surface area contributed by atoms with Crippen LogP contribution < -0.4 is 10.2 Å². The number of aryl methyl sites for hydroxylation is 1. The molecule has 8 heteroatoms. The first-order valence-electron chi connectivity index (χ1n) is 14.5. The van der Waals surface area contributed by atoms with Crippen LogP contribution in [0.4, 0.5) is 5.82 Å². The number of anilines is 1. The molecule has 5 aliphatic rings. The number of hydrogen-bond donors (Lipinski definition) is 3. The number of benzene rings is 1. The molecule has 39 heavy (non-hydrogen) atoms. The van der Waals surface area contributed by atoms with E-state index in [0.29, 0.717) is 29.9 Å². The molecule has 2 unspecified atom stereocenters. The zero-order valence-electron chi connectivity index (χ0n) is 22.4. The third-order valence-electron chi connectivity index (χ3n) is 9.41. The van der Waals surface area contributed by atoms with Crippen molar-refractivity contribution in [1.82, 2.24) is 10.3 Å². The van der Waals surface area contributed by atoms with Crippen LogP contribution in [0.5, 0.6) is 0 Å². The molecule has 1 aliphatic heterocycles. The van der Waals surface area contributed by atoms with Gasteiger partial charge in [0.1, 0.15) is 10.8 Å². The van der Waals surface area contributed by atoms with E-state index < -0.39 is 11.6 Å². The van der Waals surface area contributed by atoms with E-state index in [4.69, 9.17) is 4.98 Å². The molecule has 0 spiro atoms. The predicted octanol–water partition coefficient (Wildman–Crippen LogP) is 4.78. The minimum atomic E-state index is -0.754. The lowest BCUT2D eigenvalue weighted by Gasteiger charge is -2.58. The number of aliphatic carboxylic acids is 1. The molecule has 3 N–H and O–H groups in total. The third-order valence-corrected chi connectivity index (χ3v) is 10.4. The van der Waals surface area contributed by atoms with Crippen molar-refractivity contribution in [3.8, 4) is 0 Å². The van der Waals surface area contributed by atoms with Crippen LogP contribution in [-0.4, -0.2) is 57.6 Å². The monoisotopic (exact) mass is 549 g/mol. The van der Waals surface area contributed by atoms with E-state index in [-0.39, 0.29) is 24.3 Å². The number of piperidine rings is 1. The summed E-state index contributed by atoms with van der Waals surface area (Å²) in [5.74, 6) is 2.23. The van der Waals surface area contributed by atoms with E-state index in [1.165, 1.54) is 5.56 Å². The molecule has 4 aliphatic carbocycles. The van der Waals surface area contributed by atoms with Crippen molar-refractivity contribution in [3.63, 3.8) is 0 Å². The number of carbonyl (C=O) groups is 2. The number of nitrogens with one attached hydrogen (secondary N) is 1. The summed E-state index contributed by atoms with van der Waals surface area (Å²) < 4.78 is 0. The number of thioether (sulfide) groups is 1. The van der Waals surface area contributed by atoms with Gasteiger partial charge in [-0.15, -0.1) is 11.8 Å². The smallest absolute Gasteiger partial charge is 0.303 e. The van der Waals surface area contributed by atoms with Crippen molar-refractivity contribution in [1.29, 1.82) is 0 Å². The minimum Gasteiger partial charge on any atom is -0.481 e. The highest BCUT2D eigenvalue weighted by molar-refractivity contribution is 7.99. The van der Waals surface area contributed by atoms with Crippen molar-refractivity contribution in [2.75, 3.05) is 23.7 Å². The standard InChI is InChI=1S/C31H39N3O4S/c35-27(36)15-21-7-4-11-34(19-21)26-9-8-25(30(32-26)39-12-10-20-5-2-1-3-6-20)29(37)33-28-23-13-22-14-24(28)18-31(38,16-22)17-23/h1-3,5-6,8-9,21-24,28,38H,4,7,10-19H2,(H,33,37)(H,35,36)/t21-,22?,23?,24?,28-,31+/m0/s1. The van der Waals surface area contributed by atoms with Crippen LogP contribution in [0.3, 0.4) is 0 Å².